The van der Waals surface area contributed by atoms with E-state index < -0.39 is 0 Å². The summed E-state index contributed by atoms with van der Waals surface area (Å²) >= 11 is 4.37. The maximum Gasteiger partial charge on any atom is 0.0209 e. The number of rotatable bonds is 0. The first-order valence-electron chi connectivity index (χ1n) is 4.83. The largest absolute Gasteiger partial charge is 0.312 e. The quantitative estimate of drug-likeness (QED) is 0.599. The minimum Gasteiger partial charge on any atom is -0.312 e. The van der Waals surface area contributed by atoms with Crippen molar-refractivity contribution >= 4 is 12.6 Å². The van der Waals surface area contributed by atoms with E-state index in [9.17, 15) is 0 Å². The summed E-state index contributed by atoms with van der Waals surface area (Å²) in [6.07, 6.45) is 2.72. The maximum atomic E-state index is 4.37. The Labute approximate surface area is 83.9 Å². The van der Waals surface area contributed by atoms with Gasteiger partial charge in [-0.05, 0) is 36.1 Å². The van der Waals surface area contributed by atoms with Gasteiger partial charge in [-0.25, -0.2) is 0 Å². The summed E-state index contributed by atoms with van der Waals surface area (Å²) in [7, 11) is 0. The van der Waals surface area contributed by atoms with Gasteiger partial charge in [0.15, 0.2) is 0 Å². The molecule has 1 fully saturated rings. The van der Waals surface area contributed by atoms with Gasteiger partial charge in [0.05, 0.1) is 0 Å². The molecule has 1 aromatic rings. The highest BCUT2D eigenvalue weighted by Crippen LogP contribution is 2.50. The minimum atomic E-state index is 0.509. The Bertz CT molecular complexity index is 355. The molecule has 0 bridgehead atoms. The second-order valence-electron chi connectivity index (χ2n) is 4.23. The number of nitrogens with one attached hydrogen (secondary N) is 1. The first-order valence-corrected chi connectivity index (χ1v) is 5.28. The van der Waals surface area contributed by atoms with Crippen LogP contribution in [0.4, 0.5) is 0 Å². The van der Waals surface area contributed by atoms with Crippen LogP contribution in [0.2, 0.25) is 0 Å². The van der Waals surface area contributed by atoms with Crippen molar-refractivity contribution in [2.45, 2.75) is 29.7 Å². The van der Waals surface area contributed by atoms with Gasteiger partial charge in [-0.2, -0.15) is 0 Å². The Kier molecular flexibility index (Phi) is 1.53. The molecule has 1 N–H and O–H groups in total. The normalized spacial score (nSPS) is 22.8. The van der Waals surface area contributed by atoms with Crippen molar-refractivity contribution < 1.29 is 0 Å². The summed E-state index contributed by atoms with van der Waals surface area (Å²) in [4.78, 5) is 1.08. The van der Waals surface area contributed by atoms with Crippen LogP contribution in [0.3, 0.4) is 0 Å². The summed E-state index contributed by atoms with van der Waals surface area (Å²) in [6.45, 7) is 2.19. The summed E-state index contributed by atoms with van der Waals surface area (Å²) in [6, 6.07) is 6.59. The monoisotopic (exact) mass is 191 g/mol. The molecule has 2 aliphatic rings. The van der Waals surface area contributed by atoms with E-state index in [0.29, 0.717) is 5.41 Å². The first-order chi connectivity index (χ1) is 6.30. The lowest BCUT2D eigenvalue weighted by Crippen LogP contribution is -2.33. The number of hydrogen-bond acceptors (Lipinski definition) is 2. The first kappa shape index (κ1) is 7.89. The van der Waals surface area contributed by atoms with Crippen molar-refractivity contribution in [3.05, 3.63) is 29.3 Å². The summed E-state index contributed by atoms with van der Waals surface area (Å²) < 4.78 is 0. The van der Waals surface area contributed by atoms with E-state index in [4.69, 9.17) is 0 Å². The van der Waals surface area contributed by atoms with E-state index in [-0.39, 0.29) is 0 Å². The van der Waals surface area contributed by atoms with Gasteiger partial charge in [0.25, 0.3) is 0 Å². The molecule has 2 heteroatoms. The van der Waals surface area contributed by atoms with Gasteiger partial charge in [-0.15, -0.1) is 12.6 Å². The van der Waals surface area contributed by atoms with Gasteiger partial charge in [0.2, 0.25) is 0 Å². The Morgan fingerprint density at radius 1 is 1.31 bits per heavy atom. The van der Waals surface area contributed by atoms with E-state index in [1.165, 1.54) is 24.9 Å². The molecule has 1 saturated carbocycles. The zero-order chi connectivity index (χ0) is 8.89. The number of fused-ring (bicyclic) bond motifs is 2. The Balaban J connectivity index is 2.15. The van der Waals surface area contributed by atoms with Crippen molar-refractivity contribution in [3.8, 4) is 0 Å². The third kappa shape index (κ3) is 1.12. The van der Waals surface area contributed by atoms with Crippen LogP contribution in [0.5, 0.6) is 0 Å². The summed E-state index contributed by atoms with van der Waals surface area (Å²) in [5, 5.41) is 3.49. The van der Waals surface area contributed by atoms with Gasteiger partial charge in [0.1, 0.15) is 0 Å². The average Bonchev–Trinajstić information content (AvgIpc) is 2.86. The molecular weight excluding hydrogens is 178 g/mol. The fourth-order valence-corrected chi connectivity index (χ4v) is 2.60. The standard InChI is InChI=1S/C11H13NS/c13-9-1-2-10-8(5-9)6-12-7-11(10)3-4-11/h1-2,5,12-13H,3-4,6-7H2. The molecular formula is C11H13NS. The van der Waals surface area contributed by atoms with Crippen molar-refractivity contribution in [1.29, 1.82) is 0 Å². The van der Waals surface area contributed by atoms with Crippen molar-refractivity contribution in [3.63, 3.8) is 0 Å². The van der Waals surface area contributed by atoms with E-state index in [2.05, 4.69) is 36.1 Å². The van der Waals surface area contributed by atoms with E-state index in [1.54, 1.807) is 5.56 Å². The SMILES string of the molecule is Sc1ccc2c(c1)CNCC21CC1. The van der Waals surface area contributed by atoms with Gasteiger partial charge in [-0.3, -0.25) is 0 Å². The van der Waals surface area contributed by atoms with Crippen LogP contribution in [-0.2, 0) is 12.0 Å². The molecule has 0 aromatic heterocycles. The van der Waals surface area contributed by atoms with Crippen LogP contribution in [0.25, 0.3) is 0 Å². The molecule has 0 atom stereocenters. The lowest BCUT2D eigenvalue weighted by molar-refractivity contribution is 0.530. The highest BCUT2D eigenvalue weighted by Gasteiger charge is 2.46. The van der Waals surface area contributed by atoms with Crippen molar-refractivity contribution in [1.82, 2.24) is 5.32 Å². The highest BCUT2D eigenvalue weighted by atomic mass is 32.1. The average molecular weight is 191 g/mol. The molecule has 13 heavy (non-hydrogen) atoms. The molecule has 3 rings (SSSR count). The molecule has 1 aliphatic carbocycles. The van der Waals surface area contributed by atoms with Gasteiger partial charge in [0, 0.05) is 23.4 Å². The van der Waals surface area contributed by atoms with Crippen LogP contribution in [0.15, 0.2) is 23.1 Å². The Morgan fingerprint density at radius 2 is 2.15 bits per heavy atom. The fraction of sp³-hybridized carbons (Fsp3) is 0.455. The van der Waals surface area contributed by atoms with E-state index in [0.717, 1.165) is 11.4 Å². The molecule has 1 heterocycles. The molecule has 68 valence electrons. The Hall–Kier alpha value is -0.470. The van der Waals surface area contributed by atoms with E-state index >= 15 is 0 Å². The van der Waals surface area contributed by atoms with Crippen molar-refractivity contribution in [2.24, 2.45) is 0 Å². The zero-order valence-corrected chi connectivity index (χ0v) is 8.40. The van der Waals surface area contributed by atoms with Crippen LogP contribution >= 0.6 is 12.6 Å². The molecule has 1 nitrogen and oxygen atoms in total. The topological polar surface area (TPSA) is 12.0 Å². The molecule has 1 spiro atoms. The number of hydrogen-bond donors (Lipinski definition) is 2. The molecule has 0 amide bonds. The third-order valence-corrected chi connectivity index (χ3v) is 3.57. The lowest BCUT2D eigenvalue weighted by atomic mass is 9.88. The lowest BCUT2D eigenvalue weighted by Gasteiger charge is -2.26. The van der Waals surface area contributed by atoms with Crippen LogP contribution in [0, 0.1) is 0 Å². The Morgan fingerprint density at radius 3 is 2.92 bits per heavy atom. The predicted octanol–water partition coefficient (Wildman–Crippen LogP) is 2.11. The predicted molar refractivity (Wildman–Crippen MR) is 56.3 cm³/mol. The van der Waals surface area contributed by atoms with Crippen molar-refractivity contribution in [2.75, 3.05) is 6.54 Å². The van der Waals surface area contributed by atoms with Gasteiger partial charge < -0.3 is 5.32 Å². The van der Waals surface area contributed by atoms with Crippen LogP contribution in [-0.4, -0.2) is 6.54 Å². The van der Waals surface area contributed by atoms with Crippen LogP contribution < -0.4 is 5.32 Å². The number of thiol groups is 1. The molecule has 0 unspecified atom stereocenters. The molecule has 0 saturated heterocycles. The molecule has 0 radical (unpaired) electrons. The molecule has 1 aromatic carbocycles. The summed E-state index contributed by atoms with van der Waals surface area (Å²) in [5.41, 5.74) is 3.54. The second-order valence-corrected chi connectivity index (χ2v) is 4.74. The second kappa shape index (κ2) is 2.52. The maximum absolute atomic E-state index is 4.37. The highest BCUT2D eigenvalue weighted by molar-refractivity contribution is 7.80. The summed E-state index contributed by atoms with van der Waals surface area (Å²) in [5.74, 6) is 0. The third-order valence-electron chi connectivity index (χ3n) is 3.29. The van der Waals surface area contributed by atoms with Crippen LogP contribution in [0.1, 0.15) is 24.0 Å². The van der Waals surface area contributed by atoms with Gasteiger partial charge in [-0.1, -0.05) is 6.07 Å². The zero-order valence-electron chi connectivity index (χ0n) is 7.51. The number of benzene rings is 1. The fourth-order valence-electron chi connectivity index (χ4n) is 2.37. The minimum absolute atomic E-state index is 0.509. The smallest absolute Gasteiger partial charge is 0.0209 e. The van der Waals surface area contributed by atoms with E-state index in [1.807, 2.05) is 0 Å². The molecule has 1 aliphatic heterocycles. The van der Waals surface area contributed by atoms with Gasteiger partial charge >= 0.3 is 0 Å².